The number of nitrogens with two attached hydrogens (primary N) is 1. The van der Waals surface area contributed by atoms with Crippen molar-refractivity contribution in [1.82, 2.24) is 4.98 Å². The number of rotatable bonds is 4. The zero-order valence-electron chi connectivity index (χ0n) is 11.0. The summed E-state index contributed by atoms with van der Waals surface area (Å²) in [6.07, 6.45) is 2.98. The van der Waals surface area contributed by atoms with Gasteiger partial charge in [-0.2, -0.15) is 0 Å². The lowest BCUT2D eigenvalue weighted by Gasteiger charge is -2.23. The molecule has 2 N–H and O–H groups in total. The molecule has 2 rings (SSSR count). The average Bonchev–Trinajstić information content (AvgIpc) is 2.37. The molecular weight excluding hydrogens is 260 g/mol. The molecule has 2 aromatic rings. The van der Waals surface area contributed by atoms with Crippen molar-refractivity contribution in [3.63, 3.8) is 0 Å². The quantitative estimate of drug-likeness (QED) is 0.930. The fraction of sp³-hybridized carbons (Fsp3) is 0.267. The van der Waals surface area contributed by atoms with Gasteiger partial charge < -0.3 is 10.5 Å². The third-order valence-corrected chi connectivity index (χ3v) is 3.03. The second-order valence-electron chi connectivity index (χ2n) is 4.65. The van der Waals surface area contributed by atoms with E-state index >= 15 is 0 Å². The summed E-state index contributed by atoms with van der Waals surface area (Å²) in [5.74, 6) is 0.621. The van der Waals surface area contributed by atoms with Gasteiger partial charge in [0.25, 0.3) is 0 Å². The van der Waals surface area contributed by atoms with Crippen LogP contribution in [0.5, 0.6) is 5.75 Å². The number of ether oxygens (including phenoxy) is 1. The Labute approximate surface area is 118 Å². The number of aryl methyl sites for hydroxylation is 1. The first kappa shape index (κ1) is 13.8. The summed E-state index contributed by atoms with van der Waals surface area (Å²) in [6, 6.07) is 9.75. The highest BCUT2D eigenvalue weighted by molar-refractivity contribution is 6.30. The molecule has 1 heterocycles. The molecule has 0 fully saturated rings. The highest BCUT2D eigenvalue weighted by Gasteiger charge is 2.18. The monoisotopic (exact) mass is 276 g/mol. The fourth-order valence-corrected chi connectivity index (χ4v) is 2.00. The second-order valence-corrected chi connectivity index (χ2v) is 5.08. The van der Waals surface area contributed by atoms with E-state index in [1.165, 1.54) is 5.56 Å². The Kier molecular flexibility index (Phi) is 4.40. The maximum absolute atomic E-state index is 6.01. The van der Waals surface area contributed by atoms with Crippen LogP contribution in [0.4, 0.5) is 0 Å². The molecule has 4 heteroatoms. The van der Waals surface area contributed by atoms with E-state index in [4.69, 9.17) is 22.1 Å². The molecule has 19 heavy (non-hydrogen) atoms. The zero-order valence-corrected chi connectivity index (χ0v) is 11.8. The van der Waals surface area contributed by atoms with Crippen molar-refractivity contribution in [2.24, 2.45) is 5.73 Å². The molecule has 0 bridgehead atoms. The third kappa shape index (κ3) is 3.69. The minimum absolute atomic E-state index is 0.137. The van der Waals surface area contributed by atoms with E-state index in [9.17, 15) is 0 Å². The molecule has 0 saturated heterocycles. The molecule has 0 aliphatic heterocycles. The summed E-state index contributed by atoms with van der Waals surface area (Å²) in [5.41, 5.74) is 8.26. The van der Waals surface area contributed by atoms with E-state index in [0.29, 0.717) is 10.8 Å². The smallest absolute Gasteiger partial charge is 0.140 e. The Morgan fingerprint density at radius 1 is 1.21 bits per heavy atom. The van der Waals surface area contributed by atoms with Gasteiger partial charge in [0.05, 0.1) is 11.2 Å². The first-order chi connectivity index (χ1) is 9.06. The summed E-state index contributed by atoms with van der Waals surface area (Å²) >= 11 is 5.90. The normalized spacial score (nSPS) is 13.9. The largest absolute Gasteiger partial charge is 0.482 e. The Morgan fingerprint density at radius 2 is 1.89 bits per heavy atom. The second kappa shape index (κ2) is 6.04. The number of hydrogen-bond donors (Lipinski definition) is 1. The lowest BCUT2D eigenvalue weighted by atomic mass is 10.0. The Bertz CT molecular complexity index is 540. The minimum Gasteiger partial charge on any atom is -0.482 e. The van der Waals surface area contributed by atoms with E-state index in [1.54, 1.807) is 18.5 Å². The van der Waals surface area contributed by atoms with Crippen LogP contribution < -0.4 is 10.5 Å². The average molecular weight is 277 g/mol. The number of benzene rings is 1. The van der Waals surface area contributed by atoms with E-state index in [2.05, 4.69) is 4.98 Å². The van der Waals surface area contributed by atoms with Crippen LogP contribution in [0.3, 0.4) is 0 Å². The Hall–Kier alpha value is -1.58. The Morgan fingerprint density at radius 3 is 2.47 bits per heavy atom. The molecule has 0 saturated carbocycles. The SMILES string of the molecule is Cc1ccc(C(Oc2cncc(Cl)c2)C(C)N)cc1. The van der Waals surface area contributed by atoms with Crippen LogP contribution in [0.2, 0.25) is 5.02 Å². The van der Waals surface area contributed by atoms with E-state index in [1.807, 2.05) is 38.1 Å². The van der Waals surface area contributed by atoms with Crippen LogP contribution in [0.25, 0.3) is 0 Å². The van der Waals surface area contributed by atoms with Crippen LogP contribution in [0.15, 0.2) is 42.7 Å². The molecule has 0 spiro atoms. The highest BCUT2D eigenvalue weighted by Crippen LogP contribution is 2.25. The van der Waals surface area contributed by atoms with Gasteiger partial charge in [0.2, 0.25) is 0 Å². The van der Waals surface area contributed by atoms with Crippen molar-refractivity contribution in [3.8, 4) is 5.75 Å². The van der Waals surface area contributed by atoms with Gasteiger partial charge in [-0.15, -0.1) is 0 Å². The van der Waals surface area contributed by atoms with Gasteiger partial charge in [-0.25, -0.2) is 0 Å². The van der Waals surface area contributed by atoms with Crippen molar-refractivity contribution >= 4 is 11.6 Å². The molecule has 0 aliphatic rings. The van der Waals surface area contributed by atoms with Gasteiger partial charge in [0.15, 0.2) is 0 Å². The summed E-state index contributed by atoms with van der Waals surface area (Å²) in [4.78, 5) is 4.01. The zero-order chi connectivity index (χ0) is 13.8. The molecule has 3 nitrogen and oxygen atoms in total. The molecule has 0 aliphatic carbocycles. The lowest BCUT2D eigenvalue weighted by Crippen LogP contribution is -2.29. The van der Waals surface area contributed by atoms with Gasteiger partial charge in [-0.05, 0) is 19.4 Å². The third-order valence-electron chi connectivity index (χ3n) is 2.83. The van der Waals surface area contributed by atoms with E-state index < -0.39 is 0 Å². The molecule has 2 atom stereocenters. The van der Waals surface area contributed by atoms with Gasteiger partial charge in [0.1, 0.15) is 11.9 Å². The predicted octanol–water partition coefficient (Wildman–Crippen LogP) is 3.51. The summed E-state index contributed by atoms with van der Waals surface area (Å²) in [7, 11) is 0. The fourth-order valence-electron chi connectivity index (χ4n) is 1.84. The minimum atomic E-state index is -0.221. The lowest BCUT2D eigenvalue weighted by molar-refractivity contribution is 0.180. The van der Waals surface area contributed by atoms with Crippen LogP contribution in [0, 0.1) is 6.92 Å². The highest BCUT2D eigenvalue weighted by atomic mass is 35.5. The molecule has 0 radical (unpaired) electrons. The van der Waals surface area contributed by atoms with Crippen LogP contribution in [0.1, 0.15) is 24.2 Å². The van der Waals surface area contributed by atoms with Crippen molar-refractivity contribution in [2.75, 3.05) is 0 Å². The molecule has 1 aromatic carbocycles. The van der Waals surface area contributed by atoms with Crippen LogP contribution >= 0.6 is 11.6 Å². The van der Waals surface area contributed by atoms with Gasteiger partial charge in [-0.3, -0.25) is 4.98 Å². The summed E-state index contributed by atoms with van der Waals surface area (Å²) < 4.78 is 5.91. The number of aromatic nitrogens is 1. The van der Waals surface area contributed by atoms with Crippen molar-refractivity contribution in [3.05, 3.63) is 58.9 Å². The van der Waals surface area contributed by atoms with Gasteiger partial charge in [0, 0.05) is 18.3 Å². The van der Waals surface area contributed by atoms with E-state index in [0.717, 1.165) is 5.56 Å². The van der Waals surface area contributed by atoms with Gasteiger partial charge >= 0.3 is 0 Å². The van der Waals surface area contributed by atoms with Crippen molar-refractivity contribution in [2.45, 2.75) is 26.0 Å². The summed E-state index contributed by atoms with van der Waals surface area (Å²) in [5, 5.41) is 0.546. The molecule has 1 aromatic heterocycles. The topological polar surface area (TPSA) is 48.1 Å². The Balaban J connectivity index is 2.23. The maximum atomic E-state index is 6.01. The summed E-state index contributed by atoms with van der Waals surface area (Å²) in [6.45, 7) is 3.97. The maximum Gasteiger partial charge on any atom is 0.140 e. The van der Waals surface area contributed by atoms with Crippen LogP contribution in [-0.4, -0.2) is 11.0 Å². The predicted molar refractivity (Wildman–Crippen MR) is 77.4 cm³/mol. The van der Waals surface area contributed by atoms with Gasteiger partial charge in [-0.1, -0.05) is 41.4 Å². The first-order valence-corrected chi connectivity index (χ1v) is 6.53. The van der Waals surface area contributed by atoms with Crippen molar-refractivity contribution in [1.29, 1.82) is 0 Å². The first-order valence-electron chi connectivity index (χ1n) is 6.15. The standard InChI is InChI=1S/C15H17ClN2O/c1-10-3-5-12(6-4-10)15(11(2)17)19-14-7-13(16)8-18-9-14/h3-9,11,15H,17H2,1-2H3. The van der Waals surface area contributed by atoms with Crippen LogP contribution in [-0.2, 0) is 0 Å². The molecule has 2 unspecified atom stereocenters. The number of hydrogen-bond acceptors (Lipinski definition) is 3. The molecule has 0 amide bonds. The number of halogens is 1. The molecule has 100 valence electrons. The number of nitrogens with zero attached hydrogens (tertiary/aromatic N) is 1. The molecular formula is C15H17ClN2O. The van der Waals surface area contributed by atoms with Crippen molar-refractivity contribution < 1.29 is 4.74 Å². The number of pyridine rings is 1. The van der Waals surface area contributed by atoms with E-state index in [-0.39, 0.29) is 12.1 Å².